The Morgan fingerprint density at radius 2 is 2.00 bits per heavy atom. The average Bonchev–Trinajstić information content (AvgIpc) is 2.69. The van der Waals surface area contributed by atoms with Crippen LogP contribution in [0.5, 0.6) is 0 Å². The lowest BCUT2D eigenvalue weighted by molar-refractivity contribution is -0.125. The molecule has 0 bridgehead atoms. The standard InChI is InChI=1S/C9H18O2/c1-2-3-4-5-8-11-9(10)6-7-9/h10H,2-8H2,1H3. The van der Waals surface area contributed by atoms with E-state index in [0.29, 0.717) is 0 Å². The molecule has 0 heterocycles. The fourth-order valence-corrected chi connectivity index (χ4v) is 1.04. The van der Waals surface area contributed by atoms with E-state index in [2.05, 4.69) is 6.92 Å². The first-order chi connectivity index (χ1) is 5.27. The van der Waals surface area contributed by atoms with Crippen LogP contribution in [0.25, 0.3) is 0 Å². The van der Waals surface area contributed by atoms with E-state index in [4.69, 9.17) is 4.74 Å². The maximum Gasteiger partial charge on any atom is 0.165 e. The molecule has 11 heavy (non-hydrogen) atoms. The molecule has 2 heteroatoms. The molecule has 2 nitrogen and oxygen atoms in total. The van der Waals surface area contributed by atoms with Crippen LogP contribution in [0.3, 0.4) is 0 Å². The van der Waals surface area contributed by atoms with Gasteiger partial charge in [0, 0.05) is 12.8 Å². The van der Waals surface area contributed by atoms with Gasteiger partial charge in [-0.25, -0.2) is 0 Å². The minimum Gasteiger partial charge on any atom is -0.365 e. The topological polar surface area (TPSA) is 29.5 Å². The van der Waals surface area contributed by atoms with Gasteiger partial charge in [-0.3, -0.25) is 0 Å². The van der Waals surface area contributed by atoms with Crippen LogP contribution in [0.15, 0.2) is 0 Å². The van der Waals surface area contributed by atoms with Gasteiger partial charge in [0.05, 0.1) is 6.61 Å². The van der Waals surface area contributed by atoms with Crippen LogP contribution in [0.2, 0.25) is 0 Å². The van der Waals surface area contributed by atoms with Crippen molar-refractivity contribution in [2.24, 2.45) is 0 Å². The van der Waals surface area contributed by atoms with Gasteiger partial charge in [0.1, 0.15) is 0 Å². The Balaban J connectivity index is 1.81. The second-order valence-corrected chi connectivity index (χ2v) is 3.36. The maximum absolute atomic E-state index is 9.26. The molecule has 1 rings (SSSR count). The smallest absolute Gasteiger partial charge is 0.165 e. The van der Waals surface area contributed by atoms with E-state index in [1.807, 2.05) is 0 Å². The highest BCUT2D eigenvalue weighted by Gasteiger charge is 2.41. The van der Waals surface area contributed by atoms with E-state index in [-0.39, 0.29) is 0 Å². The highest BCUT2D eigenvalue weighted by molar-refractivity contribution is 4.82. The van der Waals surface area contributed by atoms with Crippen LogP contribution in [0.4, 0.5) is 0 Å². The molecule has 0 spiro atoms. The third kappa shape index (κ3) is 3.73. The van der Waals surface area contributed by atoms with Gasteiger partial charge >= 0.3 is 0 Å². The molecule has 1 fully saturated rings. The van der Waals surface area contributed by atoms with Gasteiger partial charge in [-0.05, 0) is 6.42 Å². The predicted molar refractivity (Wildman–Crippen MR) is 44.3 cm³/mol. The fraction of sp³-hybridized carbons (Fsp3) is 1.00. The molecule has 1 aliphatic rings. The molecule has 1 N–H and O–H groups in total. The summed E-state index contributed by atoms with van der Waals surface area (Å²) in [7, 11) is 0. The van der Waals surface area contributed by atoms with Crippen molar-refractivity contribution >= 4 is 0 Å². The first-order valence-corrected chi connectivity index (χ1v) is 4.63. The van der Waals surface area contributed by atoms with Gasteiger partial charge in [-0.1, -0.05) is 26.2 Å². The van der Waals surface area contributed by atoms with Gasteiger partial charge < -0.3 is 9.84 Å². The number of unbranched alkanes of at least 4 members (excludes halogenated alkanes) is 3. The Kier molecular flexibility index (Phi) is 3.34. The Morgan fingerprint density at radius 3 is 2.55 bits per heavy atom. The summed E-state index contributed by atoms with van der Waals surface area (Å²) in [4.78, 5) is 0. The molecule has 0 aromatic rings. The molecule has 0 saturated heterocycles. The summed E-state index contributed by atoms with van der Waals surface area (Å²) >= 11 is 0. The van der Waals surface area contributed by atoms with E-state index in [1.54, 1.807) is 0 Å². The minimum atomic E-state index is -0.702. The van der Waals surface area contributed by atoms with Crippen LogP contribution in [-0.4, -0.2) is 17.5 Å². The Hall–Kier alpha value is -0.0800. The minimum absolute atomic E-state index is 0.702. The Labute approximate surface area is 68.6 Å². The number of ether oxygens (including phenoxy) is 1. The van der Waals surface area contributed by atoms with Gasteiger partial charge in [-0.2, -0.15) is 0 Å². The quantitative estimate of drug-likeness (QED) is 0.473. The highest BCUT2D eigenvalue weighted by Crippen LogP contribution is 2.36. The largest absolute Gasteiger partial charge is 0.365 e. The van der Waals surface area contributed by atoms with Crippen molar-refractivity contribution < 1.29 is 9.84 Å². The zero-order valence-electron chi connectivity index (χ0n) is 7.31. The van der Waals surface area contributed by atoms with E-state index in [1.165, 1.54) is 19.3 Å². The second-order valence-electron chi connectivity index (χ2n) is 3.36. The first-order valence-electron chi connectivity index (χ1n) is 4.63. The summed E-state index contributed by atoms with van der Waals surface area (Å²) in [5.41, 5.74) is 0. The first kappa shape index (κ1) is 9.01. The summed E-state index contributed by atoms with van der Waals surface area (Å²) in [6, 6.07) is 0. The number of aliphatic hydroxyl groups is 1. The summed E-state index contributed by atoms with van der Waals surface area (Å²) in [5.74, 6) is -0.702. The molecule has 0 aromatic carbocycles. The predicted octanol–water partition coefficient (Wildman–Crippen LogP) is 2.07. The summed E-state index contributed by atoms with van der Waals surface area (Å²) in [5, 5.41) is 9.26. The molecule has 0 aliphatic heterocycles. The van der Waals surface area contributed by atoms with E-state index < -0.39 is 5.79 Å². The molecule has 0 amide bonds. The zero-order valence-corrected chi connectivity index (χ0v) is 7.31. The van der Waals surface area contributed by atoms with Crippen LogP contribution >= 0.6 is 0 Å². The van der Waals surface area contributed by atoms with Gasteiger partial charge in [0.25, 0.3) is 0 Å². The van der Waals surface area contributed by atoms with Crippen molar-refractivity contribution in [3.05, 3.63) is 0 Å². The van der Waals surface area contributed by atoms with Gasteiger partial charge in [-0.15, -0.1) is 0 Å². The van der Waals surface area contributed by atoms with E-state index in [0.717, 1.165) is 25.9 Å². The Morgan fingerprint density at radius 1 is 1.27 bits per heavy atom. The van der Waals surface area contributed by atoms with Crippen LogP contribution in [0, 0.1) is 0 Å². The van der Waals surface area contributed by atoms with E-state index in [9.17, 15) is 5.11 Å². The van der Waals surface area contributed by atoms with Crippen molar-refractivity contribution in [2.75, 3.05) is 6.61 Å². The van der Waals surface area contributed by atoms with Crippen LogP contribution in [-0.2, 0) is 4.74 Å². The Bertz CT molecular complexity index is 108. The molecule has 0 unspecified atom stereocenters. The average molecular weight is 158 g/mol. The molecular formula is C9H18O2. The van der Waals surface area contributed by atoms with Crippen molar-refractivity contribution in [3.8, 4) is 0 Å². The van der Waals surface area contributed by atoms with Crippen molar-refractivity contribution in [1.29, 1.82) is 0 Å². The number of hydrogen-bond donors (Lipinski definition) is 1. The molecule has 1 aliphatic carbocycles. The van der Waals surface area contributed by atoms with Crippen molar-refractivity contribution in [3.63, 3.8) is 0 Å². The summed E-state index contributed by atoms with van der Waals surface area (Å²) in [6.07, 6.45) is 6.52. The third-order valence-electron chi connectivity index (χ3n) is 2.05. The SMILES string of the molecule is CCCCCCOC1(O)CC1. The van der Waals surface area contributed by atoms with Crippen LogP contribution in [0.1, 0.15) is 45.4 Å². The number of hydrogen-bond acceptors (Lipinski definition) is 2. The van der Waals surface area contributed by atoms with E-state index >= 15 is 0 Å². The molecule has 66 valence electrons. The van der Waals surface area contributed by atoms with Gasteiger partial charge in [0.2, 0.25) is 0 Å². The fourth-order valence-electron chi connectivity index (χ4n) is 1.04. The lowest BCUT2D eigenvalue weighted by Gasteiger charge is -2.08. The zero-order chi connectivity index (χ0) is 8.16. The van der Waals surface area contributed by atoms with Gasteiger partial charge in [0.15, 0.2) is 5.79 Å². The van der Waals surface area contributed by atoms with Crippen molar-refractivity contribution in [1.82, 2.24) is 0 Å². The maximum atomic E-state index is 9.26. The summed E-state index contributed by atoms with van der Waals surface area (Å²) in [6.45, 7) is 2.92. The molecular weight excluding hydrogens is 140 g/mol. The molecule has 0 aromatic heterocycles. The van der Waals surface area contributed by atoms with Crippen LogP contribution < -0.4 is 0 Å². The normalized spacial score (nSPS) is 20.2. The number of rotatable bonds is 6. The molecule has 1 saturated carbocycles. The molecule has 0 radical (unpaired) electrons. The highest BCUT2D eigenvalue weighted by atomic mass is 16.6. The second kappa shape index (κ2) is 4.07. The third-order valence-corrected chi connectivity index (χ3v) is 2.05. The summed E-state index contributed by atoms with van der Waals surface area (Å²) < 4.78 is 5.24. The lowest BCUT2D eigenvalue weighted by Crippen LogP contribution is -2.13. The molecule has 0 atom stereocenters. The lowest BCUT2D eigenvalue weighted by atomic mass is 10.2. The van der Waals surface area contributed by atoms with Crippen molar-refractivity contribution in [2.45, 2.75) is 51.2 Å². The monoisotopic (exact) mass is 158 g/mol.